The molecule has 1 heterocycles. The first-order chi connectivity index (χ1) is 7.58. The highest BCUT2D eigenvalue weighted by atomic mass is 16.3. The Balaban J connectivity index is 2.57. The van der Waals surface area contributed by atoms with Crippen molar-refractivity contribution in [2.45, 2.75) is 52.1 Å². The van der Waals surface area contributed by atoms with Gasteiger partial charge < -0.3 is 10.8 Å². The molecule has 0 spiro atoms. The first-order valence-electron chi connectivity index (χ1n) is 6.68. The summed E-state index contributed by atoms with van der Waals surface area (Å²) in [5.74, 6) is 1.46. The Morgan fingerprint density at radius 1 is 1.31 bits per heavy atom. The van der Waals surface area contributed by atoms with Gasteiger partial charge in [-0.1, -0.05) is 27.2 Å². The van der Waals surface area contributed by atoms with Gasteiger partial charge in [-0.2, -0.15) is 0 Å². The average Bonchev–Trinajstić information content (AvgIpc) is 2.17. The normalized spacial score (nSPS) is 31.3. The summed E-state index contributed by atoms with van der Waals surface area (Å²) in [5.41, 5.74) is 6.16. The highest BCUT2D eigenvalue weighted by molar-refractivity contribution is 4.86. The molecule has 16 heavy (non-hydrogen) atoms. The molecule has 3 heteroatoms. The monoisotopic (exact) mass is 228 g/mol. The van der Waals surface area contributed by atoms with E-state index in [4.69, 9.17) is 5.73 Å². The van der Waals surface area contributed by atoms with E-state index >= 15 is 0 Å². The van der Waals surface area contributed by atoms with E-state index in [1.165, 1.54) is 6.42 Å². The van der Waals surface area contributed by atoms with E-state index in [2.05, 4.69) is 25.7 Å². The van der Waals surface area contributed by atoms with Crippen LogP contribution in [0, 0.1) is 11.8 Å². The molecule has 1 rings (SSSR count). The van der Waals surface area contributed by atoms with E-state index in [0.717, 1.165) is 37.8 Å². The van der Waals surface area contributed by atoms with Crippen molar-refractivity contribution in [2.75, 3.05) is 19.7 Å². The molecular weight excluding hydrogens is 200 g/mol. The Hall–Kier alpha value is -0.120. The highest BCUT2D eigenvalue weighted by Gasteiger charge is 2.29. The van der Waals surface area contributed by atoms with Crippen LogP contribution in [0.5, 0.6) is 0 Å². The molecule has 0 bridgehead atoms. The first-order valence-corrected chi connectivity index (χ1v) is 6.68. The number of likely N-dealkylation sites (tertiary alicyclic amines) is 1. The van der Waals surface area contributed by atoms with Crippen LogP contribution < -0.4 is 5.73 Å². The lowest BCUT2D eigenvalue weighted by Gasteiger charge is -2.41. The average molecular weight is 228 g/mol. The molecule has 0 aromatic carbocycles. The second-order valence-corrected chi connectivity index (χ2v) is 5.60. The third kappa shape index (κ3) is 3.72. The zero-order valence-electron chi connectivity index (χ0n) is 11.0. The van der Waals surface area contributed by atoms with Gasteiger partial charge in [-0.15, -0.1) is 0 Å². The van der Waals surface area contributed by atoms with Crippen molar-refractivity contribution in [3.8, 4) is 0 Å². The van der Waals surface area contributed by atoms with Crippen LogP contribution in [0.15, 0.2) is 0 Å². The predicted molar refractivity (Wildman–Crippen MR) is 68.3 cm³/mol. The molecule has 4 atom stereocenters. The van der Waals surface area contributed by atoms with Crippen molar-refractivity contribution >= 4 is 0 Å². The first kappa shape index (κ1) is 13.9. The van der Waals surface area contributed by atoms with Gasteiger partial charge in [-0.05, 0) is 24.7 Å². The summed E-state index contributed by atoms with van der Waals surface area (Å²) in [6.07, 6.45) is 3.40. The SMILES string of the molecule is CCCC(N)C(CO)N1CC(C)CC(C)C1. The maximum Gasteiger partial charge on any atom is 0.0601 e. The van der Waals surface area contributed by atoms with Crippen molar-refractivity contribution in [1.82, 2.24) is 4.90 Å². The van der Waals surface area contributed by atoms with Crippen LogP contribution in [0.1, 0.15) is 40.0 Å². The molecule has 0 amide bonds. The van der Waals surface area contributed by atoms with Crippen LogP contribution in [0.3, 0.4) is 0 Å². The number of hydrogen-bond acceptors (Lipinski definition) is 3. The standard InChI is InChI=1S/C13H28N2O/c1-4-5-12(14)13(9-16)15-7-10(2)6-11(3)8-15/h10-13,16H,4-9,14H2,1-3H3. The van der Waals surface area contributed by atoms with E-state index in [1.807, 2.05) is 0 Å². The van der Waals surface area contributed by atoms with Gasteiger partial charge in [0.05, 0.1) is 6.61 Å². The number of nitrogens with two attached hydrogens (primary N) is 1. The van der Waals surface area contributed by atoms with Gasteiger partial charge >= 0.3 is 0 Å². The summed E-state index contributed by atoms with van der Waals surface area (Å²) in [6, 6.07) is 0.276. The minimum Gasteiger partial charge on any atom is -0.395 e. The molecule has 1 aliphatic rings. The van der Waals surface area contributed by atoms with Crippen LogP contribution in [0.2, 0.25) is 0 Å². The van der Waals surface area contributed by atoms with Crippen molar-refractivity contribution in [3.05, 3.63) is 0 Å². The third-order valence-electron chi connectivity index (χ3n) is 3.67. The Morgan fingerprint density at radius 2 is 1.88 bits per heavy atom. The van der Waals surface area contributed by atoms with Crippen LogP contribution >= 0.6 is 0 Å². The molecule has 1 saturated heterocycles. The molecule has 4 unspecified atom stereocenters. The molecule has 1 fully saturated rings. The van der Waals surface area contributed by atoms with Crippen molar-refractivity contribution in [1.29, 1.82) is 0 Å². The van der Waals surface area contributed by atoms with Crippen LogP contribution in [-0.4, -0.2) is 41.8 Å². The summed E-state index contributed by atoms with van der Waals surface area (Å²) in [4.78, 5) is 2.40. The maximum absolute atomic E-state index is 9.53. The number of aliphatic hydroxyl groups excluding tert-OH is 1. The minimum absolute atomic E-state index is 0.118. The molecule has 1 aliphatic heterocycles. The van der Waals surface area contributed by atoms with Gasteiger partial charge in [0.1, 0.15) is 0 Å². The lowest BCUT2D eigenvalue weighted by molar-refractivity contribution is 0.0468. The smallest absolute Gasteiger partial charge is 0.0601 e. The fourth-order valence-electron chi connectivity index (χ4n) is 3.03. The zero-order chi connectivity index (χ0) is 12.1. The molecular formula is C13H28N2O. The van der Waals surface area contributed by atoms with E-state index in [1.54, 1.807) is 0 Å². The summed E-state index contributed by atoms with van der Waals surface area (Å²) >= 11 is 0. The van der Waals surface area contributed by atoms with Gasteiger partial charge in [-0.3, -0.25) is 4.90 Å². The maximum atomic E-state index is 9.53. The number of rotatable bonds is 5. The minimum atomic E-state index is 0.118. The fraction of sp³-hybridized carbons (Fsp3) is 1.00. The van der Waals surface area contributed by atoms with E-state index < -0.39 is 0 Å². The molecule has 0 aromatic heterocycles. The predicted octanol–water partition coefficient (Wildman–Crippen LogP) is 1.45. The number of piperidine rings is 1. The number of aliphatic hydroxyl groups is 1. The van der Waals surface area contributed by atoms with Gasteiger partial charge in [0.15, 0.2) is 0 Å². The topological polar surface area (TPSA) is 49.5 Å². The molecule has 96 valence electrons. The second kappa shape index (κ2) is 6.58. The summed E-state index contributed by atoms with van der Waals surface area (Å²) in [6.45, 7) is 9.11. The van der Waals surface area contributed by atoms with Gasteiger partial charge in [0, 0.05) is 25.2 Å². The number of hydrogen-bond donors (Lipinski definition) is 2. The molecule has 0 saturated carbocycles. The highest BCUT2D eigenvalue weighted by Crippen LogP contribution is 2.23. The van der Waals surface area contributed by atoms with Gasteiger partial charge in [-0.25, -0.2) is 0 Å². The van der Waals surface area contributed by atoms with Crippen LogP contribution in [-0.2, 0) is 0 Å². The molecule has 0 aliphatic carbocycles. The van der Waals surface area contributed by atoms with Crippen molar-refractivity contribution in [2.24, 2.45) is 17.6 Å². The molecule has 0 radical (unpaired) electrons. The Kier molecular flexibility index (Phi) is 5.73. The van der Waals surface area contributed by atoms with Crippen molar-refractivity contribution < 1.29 is 5.11 Å². The summed E-state index contributed by atoms with van der Waals surface area (Å²) in [5, 5.41) is 9.53. The Morgan fingerprint density at radius 3 is 2.31 bits per heavy atom. The summed E-state index contributed by atoms with van der Waals surface area (Å²) < 4.78 is 0. The fourth-order valence-corrected chi connectivity index (χ4v) is 3.03. The van der Waals surface area contributed by atoms with Crippen LogP contribution in [0.4, 0.5) is 0 Å². The Bertz CT molecular complexity index is 188. The molecule has 3 N–H and O–H groups in total. The Labute approximate surface area is 100 Å². The number of nitrogens with zero attached hydrogens (tertiary/aromatic N) is 1. The van der Waals surface area contributed by atoms with Crippen molar-refractivity contribution in [3.63, 3.8) is 0 Å². The summed E-state index contributed by atoms with van der Waals surface area (Å²) in [7, 11) is 0. The third-order valence-corrected chi connectivity index (χ3v) is 3.67. The zero-order valence-corrected chi connectivity index (χ0v) is 11.0. The van der Waals surface area contributed by atoms with E-state index in [0.29, 0.717) is 0 Å². The van der Waals surface area contributed by atoms with Gasteiger partial charge in [0.25, 0.3) is 0 Å². The van der Waals surface area contributed by atoms with Gasteiger partial charge in [0.2, 0.25) is 0 Å². The van der Waals surface area contributed by atoms with E-state index in [9.17, 15) is 5.11 Å². The molecule has 3 nitrogen and oxygen atoms in total. The largest absolute Gasteiger partial charge is 0.395 e. The lowest BCUT2D eigenvalue weighted by Crippen LogP contribution is -2.54. The lowest BCUT2D eigenvalue weighted by atomic mass is 9.89. The van der Waals surface area contributed by atoms with E-state index in [-0.39, 0.29) is 18.7 Å². The molecule has 0 aromatic rings. The second-order valence-electron chi connectivity index (χ2n) is 5.60. The van der Waals surface area contributed by atoms with Crippen LogP contribution in [0.25, 0.3) is 0 Å². The quantitative estimate of drug-likeness (QED) is 0.749.